The predicted octanol–water partition coefficient (Wildman–Crippen LogP) is 12.9. The summed E-state index contributed by atoms with van der Waals surface area (Å²) in [6, 6.07) is 33.9. The summed E-state index contributed by atoms with van der Waals surface area (Å²) >= 11 is 1.56. The van der Waals surface area contributed by atoms with E-state index in [0.29, 0.717) is 87.1 Å². The maximum Gasteiger partial charge on any atom is 0.270 e. The number of ether oxygens (including phenoxy) is 1. The molecule has 14 rings (SSSR count). The number of anilines is 1. The van der Waals surface area contributed by atoms with Crippen molar-refractivity contribution in [2.45, 2.75) is 90.5 Å². The van der Waals surface area contributed by atoms with Gasteiger partial charge >= 0.3 is 0 Å². The molecule has 2 aliphatic rings. The van der Waals surface area contributed by atoms with Gasteiger partial charge in [-0.05, 0) is 202 Å². The van der Waals surface area contributed by atoms with Crippen LogP contribution >= 0.6 is 11.3 Å². The second-order valence-corrected chi connectivity index (χ2v) is 26.2. The maximum absolute atomic E-state index is 9.91. The summed E-state index contributed by atoms with van der Waals surface area (Å²) in [5.41, 5.74) is 18.4. The van der Waals surface area contributed by atoms with Gasteiger partial charge in [-0.2, -0.15) is 15.8 Å². The van der Waals surface area contributed by atoms with E-state index in [0.717, 1.165) is 102 Å². The highest BCUT2D eigenvalue weighted by atomic mass is 32.1. The third kappa shape index (κ3) is 15.2. The molecule has 0 amide bonds. The Morgan fingerprint density at radius 3 is 1.66 bits per heavy atom. The zero-order chi connectivity index (χ0) is 70.1. The van der Waals surface area contributed by atoms with E-state index in [1.807, 2.05) is 135 Å². The molecule has 4 N–H and O–H groups in total. The average molecular weight is 1360 g/mol. The number of pyridine rings is 3. The summed E-state index contributed by atoms with van der Waals surface area (Å²) in [4.78, 5) is 43.7. The van der Waals surface area contributed by atoms with Crippen LogP contribution in [0.5, 0.6) is 5.75 Å². The highest BCUT2D eigenvalue weighted by molar-refractivity contribution is 7.13. The molecule has 100 heavy (non-hydrogen) atoms. The molecule has 0 unspecified atom stereocenters. The minimum atomic E-state index is -0.730. The van der Waals surface area contributed by atoms with Gasteiger partial charge in [-0.15, -0.1) is 41.9 Å². The van der Waals surface area contributed by atoms with Gasteiger partial charge in [0.05, 0.1) is 98.1 Å². The van der Waals surface area contributed by atoms with Crippen molar-refractivity contribution in [3.63, 3.8) is 0 Å². The number of nitriles is 3. The van der Waals surface area contributed by atoms with Crippen molar-refractivity contribution >= 4 is 17.2 Å². The smallest absolute Gasteiger partial charge is 0.270 e. The van der Waals surface area contributed by atoms with Crippen LogP contribution in [0.4, 0.5) is 5.82 Å². The molecule has 12 heterocycles. The van der Waals surface area contributed by atoms with Crippen molar-refractivity contribution in [2.24, 2.45) is 0 Å². The summed E-state index contributed by atoms with van der Waals surface area (Å²) in [5, 5.41) is 62.7. The Morgan fingerprint density at radius 1 is 0.570 bits per heavy atom. The molecule has 0 saturated carbocycles. The van der Waals surface area contributed by atoms with Crippen LogP contribution < -0.4 is 21.1 Å². The Bertz CT molecular complexity index is 5080. The second-order valence-electron chi connectivity index (χ2n) is 25.3. The van der Waals surface area contributed by atoms with Crippen molar-refractivity contribution < 1.29 is 25.1 Å². The topological polar surface area (TPSA) is 367 Å². The van der Waals surface area contributed by atoms with Crippen LogP contribution in [0.2, 0.25) is 0 Å². The molecule has 512 valence electrons. The number of piperidine rings is 1. The summed E-state index contributed by atoms with van der Waals surface area (Å²) < 4.78 is 23.6. The van der Waals surface area contributed by atoms with Crippen LogP contribution in [-0.2, 0) is 29.2 Å². The molecule has 10 aromatic heterocycles. The number of thiophene rings is 1. The van der Waals surface area contributed by atoms with Crippen LogP contribution in [0, 0.1) is 54.8 Å². The Kier molecular flexibility index (Phi) is 20.1. The van der Waals surface area contributed by atoms with Gasteiger partial charge in [-0.25, -0.2) is 19.9 Å². The first-order valence-electron chi connectivity index (χ1n) is 32.2. The van der Waals surface area contributed by atoms with Crippen molar-refractivity contribution in [1.29, 1.82) is 15.8 Å². The van der Waals surface area contributed by atoms with E-state index in [2.05, 4.69) is 111 Å². The van der Waals surface area contributed by atoms with Crippen molar-refractivity contribution in [3.05, 3.63) is 173 Å². The Labute approximate surface area is 588 Å². The molecular formula is C73H80N22O4S. The van der Waals surface area contributed by atoms with Crippen molar-refractivity contribution in [2.75, 3.05) is 52.6 Å². The lowest BCUT2D eigenvalue weighted by molar-refractivity contribution is 0.261. The number of hydrogen-bond donors (Lipinski definition) is 3. The van der Waals surface area contributed by atoms with Gasteiger partial charge in [-0.1, -0.05) is 6.07 Å². The summed E-state index contributed by atoms with van der Waals surface area (Å²) in [6.45, 7) is 17.9. The van der Waals surface area contributed by atoms with E-state index >= 15 is 0 Å². The molecule has 26 nitrogen and oxygen atoms in total. The number of benzene rings is 2. The Hall–Kier alpha value is -11.8. The predicted molar refractivity (Wildman–Crippen MR) is 385 cm³/mol. The van der Waals surface area contributed by atoms with Gasteiger partial charge in [0.1, 0.15) is 29.2 Å². The van der Waals surface area contributed by atoms with Gasteiger partial charge in [0.25, 0.3) is 23.6 Å². The minimum absolute atomic E-state index is 0. The van der Waals surface area contributed by atoms with E-state index in [1.165, 1.54) is 11.1 Å². The number of likely N-dealkylation sites (N-methyl/N-ethyl adjacent to an activating group) is 1. The van der Waals surface area contributed by atoms with Gasteiger partial charge < -0.3 is 39.3 Å². The Morgan fingerprint density at radius 2 is 1.09 bits per heavy atom. The molecular weight excluding hydrogens is 1280 g/mol. The molecule has 2 aliphatic heterocycles. The van der Waals surface area contributed by atoms with Crippen LogP contribution in [0.15, 0.2) is 141 Å². The molecule has 1 saturated heterocycles. The summed E-state index contributed by atoms with van der Waals surface area (Å²) in [6.07, 6.45) is 12.5. The van der Waals surface area contributed by atoms with Gasteiger partial charge in [-0.3, -0.25) is 24.9 Å². The number of nitrogens with two attached hydrogens (primary N) is 1. The lowest BCUT2D eigenvalue weighted by Crippen LogP contribution is -2.39. The van der Waals surface area contributed by atoms with E-state index in [-0.39, 0.29) is 24.7 Å². The largest absolute Gasteiger partial charge is 0.492 e. The number of nitrogens with one attached hydrogen (secondary N) is 2. The maximum atomic E-state index is 9.91. The highest BCUT2D eigenvalue weighted by Gasteiger charge is 2.36. The first-order valence-corrected chi connectivity index (χ1v) is 33.1. The summed E-state index contributed by atoms with van der Waals surface area (Å²) in [7, 11) is 4.01. The average Bonchev–Trinajstić information content (AvgIpc) is 1.73. The standard InChI is InChI=1S/C26H27N7O2.C24H22N8O.C23H21N7OS.5H2/c1-17-23(30-21(15-29-17)19-10-11-28-22(14-19)26(2,3)16-27)25-32-31-24(35-25)18-6-8-20(9-7-18)34-13-12-33(4)5;1-24(2,13-25)19-10-15(6-8-28-19)18-12-29-21(26)20(30-18)23-32-31-22(33-23)16-4-3-14-5-7-27-11-17(14)9-16;1-14-4-10-32-20(14)22-30-29-21(31-22)19-15(2)27-12-17(28-19)16-3-7-26-18(11-16)23(13-24)5-8-25-9-6-23;;;;;/h6-11,14-15H,12-13H2,1-5H3;3-4,6,8-10,12,27H,5,7,11H2,1-2H3,(H2,26,29);3-4,7,10-12,25H,5-6,8-9H2,1-2H3;5*1H. The van der Waals surface area contributed by atoms with Gasteiger partial charge in [0, 0.05) is 66.6 Å². The number of nitrogens with zero attached hydrogens (tertiary/aromatic N) is 19. The normalized spacial score (nSPS) is 13.3. The zero-order valence-electron chi connectivity index (χ0n) is 56.6. The number of aromatic nitrogens is 15. The van der Waals surface area contributed by atoms with E-state index < -0.39 is 16.2 Å². The lowest BCUT2D eigenvalue weighted by Gasteiger charge is -2.30. The third-order valence-electron chi connectivity index (χ3n) is 17.1. The number of rotatable bonds is 16. The van der Waals surface area contributed by atoms with Crippen LogP contribution in [0.1, 0.15) is 92.8 Å². The first-order chi connectivity index (χ1) is 48.3. The molecule has 0 spiro atoms. The number of nitrogen functional groups attached to an aromatic ring is 1. The molecule has 0 bridgehead atoms. The molecule has 0 aliphatic carbocycles. The molecule has 2 aromatic carbocycles. The lowest BCUT2D eigenvalue weighted by atomic mass is 9.77. The van der Waals surface area contributed by atoms with Crippen molar-refractivity contribution in [1.82, 2.24) is 91.0 Å². The molecule has 0 atom stereocenters. The Balaban J connectivity index is 0.000000215. The minimum Gasteiger partial charge on any atom is -0.492 e. The third-order valence-corrected chi connectivity index (χ3v) is 18.1. The zero-order valence-corrected chi connectivity index (χ0v) is 57.4. The monoisotopic (exact) mass is 1360 g/mol. The van der Waals surface area contributed by atoms with Crippen LogP contribution in [-0.4, -0.2) is 127 Å². The van der Waals surface area contributed by atoms with E-state index in [1.54, 1.807) is 54.6 Å². The highest BCUT2D eigenvalue weighted by Crippen LogP contribution is 2.37. The SMILES string of the molecule is CC(C)(C#N)c1cc(-c2cnc(N)c(-c3nnc(-c4ccc5c(c4)CNCC5)o3)n2)ccn1.Cc1ccsc1-c1nnc(-c2nc(-c3ccnc(C4(C#N)CCNCC4)c3)cnc2C)o1.Cc1ncc(-c2ccnc(C(C)(C)C#N)c2)nc1-c1nnc(-c2ccc(OCCN(C)C)cc2)o1.[HH].[HH].[HH].[HH].[HH]. The number of hydrogen-bond acceptors (Lipinski definition) is 27. The molecule has 1 fully saturated rings. The fourth-order valence-electron chi connectivity index (χ4n) is 10.9. The van der Waals surface area contributed by atoms with Gasteiger partial charge in [0.15, 0.2) is 11.5 Å². The first kappa shape index (κ1) is 68.2. The number of aryl methyl sites for hydroxylation is 3. The van der Waals surface area contributed by atoms with Crippen molar-refractivity contribution in [3.8, 4) is 126 Å². The molecule has 0 radical (unpaired) electrons. The van der Waals surface area contributed by atoms with Gasteiger partial charge in [0.2, 0.25) is 11.8 Å². The fraction of sp³-hybridized carbons (Fsp3) is 0.288. The van der Waals surface area contributed by atoms with Crippen LogP contribution in [0.25, 0.3) is 102 Å². The van der Waals surface area contributed by atoms with E-state index in [4.69, 9.17) is 33.7 Å². The second kappa shape index (κ2) is 29.5. The van der Waals surface area contributed by atoms with Crippen LogP contribution in [0.3, 0.4) is 0 Å². The fourth-order valence-corrected chi connectivity index (χ4v) is 11.8. The summed E-state index contributed by atoms with van der Waals surface area (Å²) in [5.74, 6) is 3.04. The van der Waals surface area contributed by atoms with E-state index in [9.17, 15) is 15.8 Å². The quantitative estimate of drug-likeness (QED) is 0.0809. The number of fused-ring (bicyclic) bond motifs is 1. The molecule has 27 heteroatoms. The molecule has 12 aromatic rings.